The number of thioether (sulfide) groups is 1. The average molecular weight is 468 g/mol. The molecule has 5 rings (SSSR count). The van der Waals surface area contributed by atoms with Gasteiger partial charge in [0.15, 0.2) is 5.16 Å². The minimum Gasteiger partial charge on any atom is -0.309 e. The molecule has 8 heteroatoms. The number of hydrogen-bond acceptors (Lipinski definition) is 6. The van der Waals surface area contributed by atoms with Crippen LogP contribution in [-0.2, 0) is 25.1 Å². The van der Waals surface area contributed by atoms with Gasteiger partial charge in [0.25, 0.3) is 5.56 Å². The third-order valence-corrected chi connectivity index (χ3v) is 8.30. The van der Waals surface area contributed by atoms with E-state index in [-0.39, 0.29) is 5.56 Å². The number of imidazole rings is 1. The Kier molecular flexibility index (Phi) is 6.09. The van der Waals surface area contributed by atoms with Crippen LogP contribution in [0.4, 0.5) is 0 Å². The first-order valence-electron chi connectivity index (χ1n) is 11.3. The Hall–Kier alpha value is -2.16. The zero-order valence-corrected chi connectivity index (χ0v) is 20.6. The Labute approximate surface area is 196 Å². The van der Waals surface area contributed by atoms with Crippen molar-refractivity contribution < 1.29 is 0 Å². The largest absolute Gasteiger partial charge is 0.309 e. The number of aromatic nitrogens is 4. The SMILES string of the molecule is Cc1cccn2cc(CSc3nc4sc5c(c4c(=O)n3CCCN(C)C)CCCC5)nc12. The molecule has 1 aliphatic carbocycles. The highest BCUT2D eigenvalue weighted by Gasteiger charge is 2.22. The molecule has 4 heterocycles. The van der Waals surface area contributed by atoms with E-state index in [9.17, 15) is 4.79 Å². The maximum Gasteiger partial charge on any atom is 0.263 e. The van der Waals surface area contributed by atoms with Crippen LogP contribution < -0.4 is 5.56 Å². The van der Waals surface area contributed by atoms with Crippen LogP contribution in [0.1, 0.15) is 41.0 Å². The highest BCUT2D eigenvalue weighted by Crippen LogP contribution is 2.35. The molecule has 32 heavy (non-hydrogen) atoms. The predicted molar refractivity (Wildman–Crippen MR) is 133 cm³/mol. The van der Waals surface area contributed by atoms with Crippen molar-refractivity contribution in [1.82, 2.24) is 23.8 Å². The van der Waals surface area contributed by atoms with Gasteiger partial charge in [-0.25, -0.2) is 9.97 Å². The highest BCUT2D eigenvalue weighted by atomic mass is 32.2. The number of nitrogens with zero attached hydrogens (tertiary/aromatic N) is 5. The van der Waals surface area contributed by atoms with Crippen molar-refractivity contribution in [2.75, 3.05) is 20.6 Å². The van der Waals surface area contributed by atoms with Gasteiger partial charge in [-0.1, -0.05) is 17.8 Å². The van der Waals surface area contributed by atoms with E-state index in [1.54, 1.807) is 23.1 Å². The summed E-state index contributed by atoms with van der Waals surface area (Å²) in [5.74, 6) is 0.692. The summed E-state index contributed by atoms with van der Waals surface area (Å²) in [5, 5.41) is 1.69. The molecular formula is C24H29N5OS2. The molecular weight excluding hydrogens is 438 g/mol. The molecule has 4 aromatic heterocycles. The molecule has 4 aromatic rings. The highest BCUT2D eigenvalue weighted by molar-refractivity contribution is 7.98. The number of aryl methyl sites for hydroxylation is 3. The standard InChI is InChI=1S/C24H29N5OS2/c1-16-8-6-12-28-14-17(25-21(16)28)15-31-24-26-22-20(18-9-4-5-10-19(18)32-22)23(30)29(24)13-7-11-27(2)3/h6,8,12,14H,4-5,7,9-11,13,15H2,1-3H3. The molecule has 0 unspecified atom stereocenters. The molecule has 0 fully saturated rings. The predicted octanol–water partition coefficient (Wildman–Crippen LogP) is 4.54. The van der Waals surface area contributed by atoms with Crippen LogP contribution in [0.2, 0.25) is 0 Å². The zero-order chi connectivity index (χ0) is 22.2. The monoisotopic (exact) mass is 467 g/mol. The van der Waals surface area contributed by atoms with Crippen molar-refractivity contribution in [3.8, 4) is 0 Å². The Balaban J connectivity index is 1.50. The summed E-state index contributed by atoms with van der Waals surface area (Å²) in [5.41, 5.74) is 4.56. The van der Waals surface area contributed by atoms with Gasteiger partial charge in [-0.05, 0) is 76.9 Å². The van der Waals surface area contributed by atoms with Crippen molar-refractivity contribution in [1.29, 1.82) is 0 Å². The lowest BCUT2D eigenvalue weighted by atomic mass is 9.97. The molecule has 0 aliphatic heterocycles. The van der Waals surface area contributed by atoms with Crippen molar-refractivity contribution in [2.24, 2.45) is 0 Å². The van der Waals surface area contributed by atoms with E-state index < -0.39 is 0 Å². The first-order valence-corrected chi connectivity index (χ1v) is 13.1. The smallest absolute Gasteiger partial charge is 0.263 e. The number of pyridine rings is 1. The lowest BCUT2D eigenvalue weighted by Gasteiger charge is -2.14. The van der Waals surface area contributed by atoms with E-state index in [1.165, 1.54) is 23.3 Å². The second kappa shape index (κ2) is 9.00. The molecule has 0 N–H and O–H groups in total. The van der Waals surface area contributed by atoms with Gasteiger partial charge in [-0.3, -0.25) is 9.36 Å². The van der Waals surface area contributed by atoms with Crippen LogP contribution in [0.5, 0.6) is 0 Å². The Morgan fingerprint density at radius 3 is 2.88 bits per heavy atom. The quantitative estimate of drug-likeness (QED) is 0.295. The average Bonchev–Trinajstić information content (AvgIpc) is 3.35. The lowest BCUT2D eigenvalue weighted by Crippen LogP contribution is -2.25. The van der Waals surface area contributed by atoms with Gasteiger partial charge >= 0.3 is 0 Å². The van der Waals surface area contributed by atoms with Crippen LogP contribution in [0, 0.1) is 6.92 Å². The third-order valence-electron chi connectivity index (χ3n) is 6.10. The normalized spacial score (nSPS) is 14.0. The van der Waals surface area contributed by atoms with E-state index >= 15 is 0 Å². The van der Waals surface area contributed by atoms with Gasteiger partial charge in [0.2, 0.25) is 0 Å². The number of thiophene rings is 1. The summed E-state index contributed by atoms with van der Waals surface area (Å²) in [6, 6.07) is 4.12. The van der Waals surface area contributed by atoms with E-state index in [4.69, 9.17) is 9.97 Å². The summed E-state index contributed by atoms with van der Waals surface area (Å²) >= 11 is 3.35. The maximum atomic E-state index is 13.6. The van der Waals surface area contributed by atoms with Crippen molar-refractivity contribution >= 4 is 39.0 Å². The van der Waals surface area contributed by atoms with E-state index in [2.05, 4.69) is 42.6 Å². The Morgan fingerprint density at radius 2 is 2.06 bits per heavy atom. The second-order valence-corrected chi connectivity index (χ2v) is 10.9. The van der Waals surface area contributed by atoms with Gasteiger partial charge in [-0.2, -0.15) is 0 Å². The van der Waals surface area contributed by atoms with E-state index in [1.807, 2.05) is 16.8 Å². The van der Waals surface area contributed by atoms with Crippen LogP contribution in [-0.4, -0.2) is 44.5 Å². The van der Waals surface area contributed by atoms with Gasteiger partial charge in [0.05, 0.1) is 11.1 Å². The van der Waals surface area contributed by atoms with Gasteiger partial charge in [0, 0.05) is 29.6 Å². The second-order valence-electron chi connectivity index (χ2n) is 8.84. The summed E-state index contributed by atoms with van der Waals surface area (Å²) < 4.78 is 3.98. The molecule has 168 valence electrons. The molecule has 1 aliphatic rings. The van der Waals surface area contributed by atoms with Crippen LogP contribution in [0.3, 0.4) is 0 Å². The molecule has 0 bridgehead atoms. The van der Waals surface area contributed by atoms with Crippen molar-refractivity contribution in [3.63, 3.8) is 0 Å². The summed E-state index contributed by atoms with van der Waals surface area (Å²) in [4.78, 5) is 27.9. The molecule has 0 amide bonds. The fourth-order valence-electron chi connectivity index (χ4n) is 4.48. The van der Waals surface area contributed by atoms with E-state index in [0.29, 0.717) is 12.3 Å². The Bertz CT molecular complexity index is 1330. The first-order chi connectivity index (χ1) is 15.5. The number of rotatable bonds is 7. The van der Waals surface area contributed by atoms with Crippen molar-refractivity contribution in [3.05, 3.63) is 56.6 Å². The fraction of sp³-hybridized carbons (Fsp3) is 0.458. The summed E-state index contributed by atoms with van der Waals surface area (Å²) in [6.07, 6.45) is 9.51. The summed E-state index contributed by atoms with van der Waals surface area (Å²) in [7, 11) is 4.14. The molecule has 0 saturated carbocycles. The molecule has 0 saturated heterocycles. The first kappa shape index (κ1) is 21.7. The topological polar surface area (TPSA) is 55.4 Å². The van der Waals surface area contributed by atoms with Crippen LogP contribution in [0.25, 0.3) is 15.9 Å². The number of fused-ring (bicyclic) bond motifs is 4. The minimum absolute atomic E-state index is 0.140. The van der Waals surface area contributed by atoms with Crippen molar-refractivity contribution in [2.45, 2.75) is 56.5 Å². The summed E-state index contributed by atoms with van der Waals surface area (Å²) in [6.45, 7) is 3.72. The third kappa shape index (κ3) is 4.11. The molecule has 0 spiro atoms. The van der Waals surface area contributed by atoms with Crippen LogP contribution >= 0.6 is 23.1 Å². The molecule has 0 radical (unpaired) electrons. The maximum absolute atomic E-state index is 13.6. The van der Waals surface area contributed by atoms with E-state index in [0.717, 1.165) is 58.1 Å². The fourth-order valence-corrected chi connectivity index (χ4v) is 6.70. The van der Waals surface area contributed by atoms with Gasteiger partial charge < -0.3 is 9.30 Å². The number of hydrogen-bond donors (Lipinski definition) is 0. The van der Waals surface area contributed by atoms with Crippen LogP contribution in [0.15, 0.2) is 34.5 Å². The van der Waals surface area contributed by atoms with Gasteiger partial charge in [-0.15, -0.1) is 11.3 Å². The lowest BCUT2D eigenvalue weighted by molar-refractivity contribution is 0.379. The minimum atomic E-state index is 0.140. The molecule has 0 aromatic carbocycles. The molecule has 6 nitrogen and oxygen atoms in total. The van der Waals surface area contributed by atoms with Gasteiger partial charge in [0.1, 0.15) is 10.5 Å². The molecule has 0 atom stereocenters. The Morgan fingerprint density at radius 1 is 1.22 bits per heavy atom. The zero-order valence-electron chi connectivity index (χ0n) is 18.9.